The highest BCUT2D eigenvalue weighted by Gasteiger charge is 2.35. The molecule has 3 atom stereocenters. The van der Waals surface area contributed by atoms with Gasteiger partial charge in [-0.15, -0.1) is 0 Å². The van der Waals surface area contributed by atoms with E-state index in [2.05, 4.69) is 4.98 Å². The maximum atomic E-state index is 12.9. The molecule has 2 aromatic rings. The highest BCUT2D eigenvalue weighted by molar-refractivity contribution is 7.92. The van der Waals surface area contributed by atoms with E-state index in [1.807, 2.05) is 45.0 Å². The smallest absolute Gasteiger partial charge is 0.321 e. The number of ether oxygens (including phenoxy) is 1. The summed E-state index contributed by atoms with van der Waals surface area (Å²) in [6.45, 7) is 6.21. The van der Waals surface area contributed by atoms with Gasteiger partial charge in [0.15, 0.2) is 15.1 Å². The van der Waals surface area contributed by atoms with Crippen LogP contribution in [0.4, 0.5) is 0 Å². The molecule has 1 saturated carbocycles. The van der Waals surface area contributed by atoms with E-state index in [-0.39, 0.29) is 24.2 Å². The molecule has 34 heavy (non-hydrogen) atoms. The molecule has 1 aromatic heterocycles. The SMILES string of the molecule is CCCCCC(C(=O)O)S(=O)(=O)C[C@H]1CCC[C@@H](OCc2nc(-c3ccc(C)cc3)oc2C)C1. The van der Waals surface area contributed by atoms with E-state index < -0.39 is 21.1 Å². The molecule has 1 aliphatic carbocycles. The zero-order valence-electron chi connectivity index (χ0n) is 20.5. The molecule has 1 unspecified atom stereocenters. The summed E-state index contributed by atoms with van der Waals surface area (Å²) in [5, 5.41) is 8.20. The fourth-order valence-corrected chi connectivity index (χ4v) is 6.63. The summed E-state index contributed by atoms with van der Waals surface area (Å²) in [6.07, 6.45) is 5.61. The first kappa shape index (κ1) is 26.4. The van der Waals surface area contributed by atoms with Gasteiger partial charge in [0.1, 0.15) is 11.5 Å². The summed E-state index contributed by atoms with van der Waals surface area (Å²) in [6, 6.07) is 7.98. The van der Waals surface area contributed by atoms with Gasteiger partial charge in [0.25, 0.3) is 0 Å². The molecule has 7 nitrogen and oxygen atoms in total. The number of oxazole rings is 1. The molecule has 0 bridgehead atoms. The van der Waals surface area contributed by atoms with Crippen LogP contribution in [0.15, 0.2) is 28.7 Å². The van der Waals surface area contributed by atoms with E-state index in [1.54, 1.807) is 0 Å². The number of aromatic nitrogens is 1. The van der Waals surface area contributed by atoms with Gasteiger partial charge in [-0.25, -0.2) is 13.4 Å². The van der Waals surface area contributed by atoms with Crippen molar-refractivity contribution in [3.63, 3.8) is 0 Å². The molecule has 0 amide bonds. The molecular formula is C26H37NO6S. The van der Waals surface area contributed by atoms with Crippen LogP contribution in [0, 0.1) is 19.8 Å². The molecule has 0 radical (unpaired) electrons. The number of hydrogen-bond acceptors (Lipinski definition) is 6. The molecule has 8 heteroatoms. The predicted octanol–water partition coefficient (Wildman–Crippen LogP) is 5.48. The molecule has 0 saturated heterocycles. The minimum Gasteiger partial charge on any atom is -0.480 e. The number of carboxylic acids is 1. The van der Waals surface area contributed by atoms with Gasteiger partial charge in [-0.1, -0.05) is 50.3 Å². The van der Waals surface area contributed by atoms with Gasteiger partial charge in [0.2, 0.25) is 5.89 Å². The van der Waals surface area contributed by atoms with E-state index in [0.717, 1.165) is 43.4 Å². The topological polar surface area (TPSA) is 107 Å². The van der Waals surface area contributed by atoms with Crippen molar-refractivity contribution in [2.45, 2.75) is 90.1 Å². The monoisotopic (exact) mass is 491 g/mol. The van der Waals surface area contributed by atoms with Crippen molar-refractivity contribution < 1.29 is 27.5 Å². The largest absolute Gasteiger partial charge is 0.480 e. The lowest BCUT2D eigenvalue weighted by atomic mass is 9.88. The molecular weight excluding hydrogens is 454 g/mol. The minimum atomic E-state index is -3.71. The third kappa shape index (κ3) is 7.15. The second-order valence-corrected chi connectivity index (χ2v) is 11.7. The quantitative estimate of drug-likeness (QED) is 0.392. The Hall–Kier alpha value is -2.19. The average molecular weight is 492 g/mol. The van der Waals surface area contributed by atoms with Gasteiger partial charge in [-0.3, -0.25) is 4.79 Å². The number of sulfone groups is 1. The Kier molecular flexibility index (Phi) is 9.31. The van der Waals surface area contributed by atoms with Gasteiger partial charge in [-0.05, 0) is 57.6 Å². The summed E-state index contributed by atoms with van der Waals surface area (Å²) in [5.41, 5.74) is 2.82. The predicted molar refractivity (Wildman–Crippen MR) is 131 cm³/mol. The summed E-state index contributed by atoms with van der Waals surface area (Å²) in [5.74, 6) is -0.131. The molecule has 3 rings (SSSR count). The Labute approximate surface area is 202 Å². The maximum Gasteiger partial charge on any atom is 0.321 e. The Morgan fingerprint density at radius 2 is 1.94 bits per heavy atom. The molecule has 1 aliphatic rings. The molecule has 1 aromatic carbocycles. The summed E-state index contributed by atoms with van der Waals surface area (Å²) >= 11 is 0. The van der Waals surface area contributed by atoms with Gasteiger partial charge in [0.05, 0.1) is 18.5 Å². The first-order valence-electron chi connectivity index (χ1n) is 12.3. The van der Waals surface area contributed by atoms with Crippen molar-refractivity contribution in [2.24, 2.45) is 5.92 Å². The summed E-state index contributed by atoms with van der Waals surface area (Å²) in [7, 11) is -3.71. The van der Waals surface area contributed by atoms with Crippen molar-refractivity contribution in [1.29, 1.82) is 0 Å². The van der Waals surface area contributed by atoms with Crippen LogP contribution >= 0.6 is 0 Å². The normalized spacial score (nSPS) is 19.7. The van der Waals surface area contributed by atoms with Crippen molar-refractivity contribution >= 4 is 15.8 Å². The van der Waals surface area contributed by atoms with Crippen molar-refractivity contribution in [1.82, 2.24) is 4.98 Å². The van der Waals surface area contributed by atoms with Crippen LogP contribution in [0.25, 0.3) is 11.5 Å². The third-order valence-corrected chi connectivity index (χ3v) is 8.87. The highest BCUT2D eigenvalue weighted by Crippen LogP contribution is 2.30. The third-order valence-electron chi connectivity index (χ3n) is 6.63. The fourth-order valence-electron chi connectivity index (χ4n) is 4.60. The standard InChI is InChI=1S/C26H37NO6S/c1-4-5-6-10-24(26(28)29)34(30,31)17-20-8-7-9-22(15-20)32-16-23-19(3)33-25(27-23)21-13-11-18(2)12-14-21/h11-14,20,22,24H,4-10,15-17H2,1-3H3,(H,28,29)/t20-,22+,24?/m0/s1. The molecule has 0 spiro atoms. The first-order valence-corrected chi connectivity index (χ1v) is 14.0. The number of unbranched alkanes of at least 4 members (excludes halogenated alkanes) is 2. The van der Waals surface area contributed by atoms with Gasteiger partial charge >= 0.3 is 5.97 Å². The average Bonchev–Trinajstić information content (AvgIpc) is 3.15. The Bertz CT molecular complexity index is 1040. The lowest BCUT2D eigenvalue weighted by Crippen LogP contribution is -2.36. The zero-order chi connectivity index (χ0) is 24.7. The molecule has 1 fully saturated rings. The Morgan fingerprint density at radius 1 is 1.21 bits per heavy atom. The van der Waals surface area contributed by atoms with E-state index in [0.29, 0.717) is 31.1 Å². The number of nitrogens with zero attached hydrogens (tertiary/aromatic N) is 1. The molecule has 0 aliphatic heterocycles. The van der Waals surface area contributed by atoms with Crippen molar-refractivity contribution in [2.75, 3.05) is 5.75 Å². The van der Waals surface area contributed by atoms with E-state index in [9.17, 15) is 18.3 Å². The lowest BCUT2D eigenvalue weighted by Gasteiger charge is -2.29. The molecule has 1 heterocycles. The second kappa shape index (κ2) is 12.0. The van der Waals surface area contributed by atoms with Gasteiger partial charge in [0, 0.05) is 5.56 Å². The Balaban J connectivity index is 1.57. The fraction of sp³-hybridized carbons (Fsp3) is 0.615. The van der Waals surface area contributed by atoms with Gasteiger partial charge in [-0.2, -0.15) is 0 Å². The number of aliphatic carboxylic acids is 1. The van der Waals surface area contributed by atoms with Crippen LogP contribution in [0.1, 0.15) is 75.3 Å². The van der Waals surface area contributed by atoms with Crippen LogP contribution in [-0.4, -0.2) is 41.6 Å². The zero-order valence-corrected chi connectivity index (χ0v) is 21.3. The van der Waals surface area contributed by atoms with Crippen LogP contribution in [0.2, 0.25) is 0 Å². The maximum absolute atomic E-state index is 12.9. The lowest BCUT2D eigenvalue weighted by molar-refractivity contribution is -0.136. The summed E-state index contributed by atoms with van der Waals surface area (Å²) in [4.78, 5) is 16.2. The minimum absolute atomic E-state index is 0.0729. The highest BCUT2D eigenvalue weighted by atomic mass is 32.2. The number of rotatable bonds is 12. The van der Waals surface area contributed by atoms with E-state index >= 15 is 0 Å². The number of carboxylic acid groups (broad SMARTS) is 1. The second-order valence-electron chi connectivity index (χ2n) is 9.51. The number of carbonyl (C=O) groups is 1. The van der Waals surface area contributed by atoms with Crippen LogP contribution in [0.3, 0.4) is 0 Å². The van der Waals surface area contributed by atoms with E-state index in [1.165, 1.54) is 5.56 Å². The van der Waals surface area contributed by atoms with Crippen molar-refractivity contribution in [3.05, 3.63) is 41.3 Å². The number of aryl methyl sites for hydroxylation is 2. The number of hydrogen-bond donors (Lipinski definition) is 1. The van der Waals surface area contributed by atoms with Gasteiger partial charge < -0.3 is 14.3 Å². The molecule has 188 valence electrons. The van der Waals surface area contributed by atoms with Crippen LogP contribution < -0.4 is 0 Å². The van der Waals surface area contributed by atoms with E-state index in [4.69, 9.17) is 9.15 Å². The Morgan fingerprint density at radius 3 is 2.62 bits per heavy atom. The molecule has 1 N–H and O–H groups in total. The van der Waals surface area contributed by atoms with Crippen LogP contribution in [-0.2, 0) is 26.0 Å². The first-order chi connectivity index (χ1) is 16.2. The number of benzene rings is 1. The van der Waals surface area contributed by atoms with Crippen molar-refractivity contribution in [3.8, 4) is 11.5 Å². The van der Waals surface area contributed by atoms with Crippen LogP contribution in [0.5, 0.6) is 0 Å². The summed E-state index contributed by atoms with van der Waals surface area (Å²) < 4.78 is 37.7.